The summed E-state index contributed by atoms with van der Waals surface area (Å²) in [5.74, 6) is -1.27. The first kappa shape index (κ1) is 35.0. The predicted molar refractivity (Wildman–Crippen MR) is 163 cm³/mol. The van der Waals surface area contributed by atoms with Gasteiger partial charge in [-0.05, 0) is 68.9 Å². The lowest BCUT2D eigenvalue weighted by atomic mass is 9.80. The summed E-state index contributed by atoms with van der Waals surface area (Å²) in [5, 5.41) is 31.8. The quantitative estimate of drug-likeness (QED) is 0.166. The van der Waals surface area contributed by atoms with Gasteiger partial charge in [-0.1, -0.05) is 39.8 Å². The predicted octanol–water partition coefficient (Wildman–Crippen LogP) is 3.56. The van der Waals surface area contributed by atoms with Crippen LogP contribution in [0, 0.1) is 29.1 Å². The Hall–Kier alpha value is -3.18. The second-order valence-electron chi connectivity index (χ2n) is 12.7. The van der Waals surface area contributed by atoms with Crippen LogP contribution < -0.4 is 16.4 Å². The van der Waals surface area contributed by atoms with Crippen LogP contribution in [0.4, 0.5) is 4.79 Å². The molecule has 4 atom stereocenters. The highest BCUT2D eigenvalue weighted by atomic mass is 16.5. The van der Waals surface area contributed by atoms with E-state index in [1.165, 1.54) is 0 Å². The van der Waals surface area contributed by atoms with Crippen LogP contribution in [0.25, 0.3) is 10.9 Å². The molecule has 3 amide bonds. The number of nitrogens with one attached hydrogen (secondary N) is 2. The van der Waals surface area contributed by atoms with Gasteiger partial charge in [0, 0.05) is 38.1 Å². The molecule has 0 saturated heterocycles. The first-order chi connectivity index (χ1) is 19.7. The van der Waals surface area contributed by atoms with E-state index < -0.39 is 35.5 Å². The number of benzene rings is 1. The number of aliphatic hydroxyl groups is 1. The molecule has 6 N–H and O–H groups in total. The molecule has 0 fully saturated rings. The Morgan fingerprint density at radius 2 is 1.81 bits per heavy atom. The van der Waals surface area contributed by atoms with E-state index in [0.717, 1.165) is 29.4 Å². The lowest BCUT2D eigenvalue weighted by Gasteiger charge is -2.32. The van der Waals surface area contributed by atoms with Gasteiger partial charge in [0.05, 0.1) is 29.3 Å². The van der Waals surface area contributed by atoms with Crippen molar-refractivity contribution in [3.05, 3.63) is 30.0 Å². The summed E-state index contributed by atoms with van der Waals surface area (Å²) in [5.41, 5.74) is 6.66. The third-order valence-corrected chi connectivity index (χ3v) is 8.21. The highest BCUT2D eigenvalue weighted by Crippen LogP contribution is 2.28. The highest BCUT2D eigenvalue weighted by molar-refractivity contribution is 5.83. The molecule has 0 aliphatic heterocycles. The van der Waals surface area contributed by atoms with Crippen LogP contribution in [-0.2, 0) is 27.3 Å². The number of aliphatic hydroxyl groups excluding tert-OH is 1. The minimum Gasteiger partial charge on any atom is -0.465 e. The van der Waals surface area contributed by atoms with Gasteiger partial charge >= 0.3 is 6.09 Å². The summed E-state index contributed by atoms with van der Waals surface area (Å²) < 4.78 is 7.15. The van der Waals surface area contributed by atoms with Gasteiger partial charge < -0.3 is 31.3 Å². The second kappa shape index (κ2) is 15.9. The van der Waals surface area contributed by atoms with Crippen molar-refractivity contribution in [2.75, 3.05) is 20.3 Å². The maximum Gasteiger partial charge on any atom is 0.404 e. The van der Waals surface area contributed by atoms with Crippen molar-refractivity contribution in [3.63, 3.8) is 0 Å². The lowest BCUT2D eigenvalue weighted by molar-refractivity contribution is -0.130. The highest BCUT2D eigenvalue weighted by Gasteiger charge is 2.33. The third kappa shape index (κ3) is 10.3. The molecule has 0 radical (unpaired) electrons. The number of hydrogen-bond acceptors (Lipinski definition) is 6. The van der Waals surface area contributed by atoms with Gasteiger partial charge in [-0.2, -0.15) is 5.10 Å². The number of nitrogens with zero attached hydrogens (tertiary/aromatic N) is 2. The van der Waals surface area contributed by atoms with Crippen LogP contribution in [0.5, 0.6) is 0 Å². The zero-order chi connectivity index (χ0) is 31.6. The Morgan fingerprint density at radius 1 is 1.12 bits per heavy atom. The number of aryl methyl sites for hydroxylation is 1. The van der Waals surface area contributed by atoms with Gasteiger partial charge in [0.2, 0.25) is 11.8 Å². The van der Waals surface area contributed by atoms with Crippen molar-refractivity contribution in [2.24, 2.45) is 34.8 Å². The van der Waals surface area contributed by atoms with Gasteiger partial charge in [0.15, 0.2) is 0 Å². The average Bonchev–Trinajstić information content (AvgIpc) is 3.31. The lowest BCUT2D eigenvalue weighted by Crippen LogP contribution is -2.48. The van der Waals surface area contributed by atoms with Crippen LogP contribution in [0.2, 0.25) is 0 Å². The number of carbonyl (C=O) groups excluding carboxylic acids is 2. The van der Waals surface area contributed by atoms with Crippen molar-refractivity contribution in [1.82, 2.24) is 20.4 Å². The number of methoxy groups -OCH3 is 1. The molecule has 1 heterocycles. The number of ether oxygens (including phenoxy) is 1. The van der Waals surface area contributed by atoms with E-state index in [1.807, 2.05) is 24.7 Å². The summed E-state index contributed by atoms with van der Waals surface area (Å²) in [4.78, 5) is 36.5. The van der Waals surface area contributed by atoms with Crippen molar-refractivity contribution >= 4 is 28.8 Å². The molecule has 0 saturated carbocycles. The standard InChI is InChI=1S/C31H51N5O6/c1-19(2)23(13-21-9-10-22-17-34-36(26(22)14-21)11-8-12-42-7)15-25(35-30(40)41)27(37)16-24(20(3)4)28(38)33-18-31(5,6)29(32)39/h9-10,14,17,19-20,23-25,27,35,37H,8,11-13,15-16,18H2,1-7H3,(H2,32,39)(H,33,38)(H,40,41)/t23-,24+,25+,27-/m1/s1. The summed E-state index contributed by atoms with van der Waals surface area (Å²) in [6, 6.07) is 5.48. The Morgan fingerprint density at radius 3 is 2.38 bits per heavy atom. The van der Waals surface area contributed by atoms with Crippen LogP contribution in [0.15, 0.2) is 24.4 Å². The van der Waals surface area contributed by atoms with Crippen molar-refractivity contribution in [2.45, 2.75) is 85.9 Å². The molecule has 0 aliphatic rings. The minimum atomic E-state index is -1.23. The number of fused-ring (bicyclic) bond motifs is 1. The third-order valence-electron chi connectivity index (χ3n) is 8.21. The number of rotatable bonds is 18. The van der Waals surface area contributed by atoms with E-state index in [2.05, 4.69) is 47.8 Å². The van der Waals surface area contributed by atoms with Crippen molar-refractivity contribution in [3.8, 4) is 0 Å². The molecule has 0 aliphatic carbocycles. The van der Waals surface area contributed by atoms with E-state index in [1.54, 1.807) is 21.0 Å². The van der Waals surface area contributed by atoms with Crippen molar-refractivity contribution < 1.29 is 29.3 Å². The van der Waals surface area contributed by atoms with E-state index in [0.29, 0.717) is 19.4 Å². The minimum absolute atomic E-state index is 0.0569. The number of aromatic nitrogens is 2. The van der Waals surface area contributed by atoms with Gasteiger partial charge in [-0.3, -0.25) is 14.3 Å². The summed E-state index contributed by atoms with van der Waals surface area (Å²) in [6.07, 6.45) is 1.56. The van der Waals surface area contributed by atoms with Crippen LogP contribution in [0.3, 0.4) is 0 Å². The molecule has 42 heavy (non-hydrogen) atoms. The zero-order valence-electron chi connectivity index (χ0n) is 26.2. The first-order valence-corrected chi connectivity index (χ1v) is 14.8. The van der Waals surface area contributed by atoms with Gasteiger partial charge in [0.1, 0.15) is 0 Å². The number of amides is 3. The van der Waals surface area contributed by atoms with Gasteiger partial charge in [0.25, 0.3) is 0 Å². The van der Waals surface area contributed by atoms with E-state index in [4.69, 9.17) is 10.5 Å². The van der Waals surface area contributed by atoms with E-state index in [-0.39, 0.29) is 36.6 Å². The molecule has 0 spiro atoms. The maximum absolute atomic E-state index is 13.1. The molecule has 1 aromatic heterocycles. The largest absolute Gasteiger partial charge is 0.465 e. The Balaban J connectivity index is 2.20. The Bertz CT molecular complexity index is 1180. The molecule has 11 heteroatoms. The van der Waals surface area contributed by atoms with Gasteiger partial charge in [-0.25, -0.2) is 4.79 Å². The smallest absolute Gasteiger partial charge is 0.404 e. The summed E-state index contributed by atoms with van der Waals surface area (Å²) >= 11 is 0. The zero-order valence-corrected chi connectivity index (χ0v) is 26.2. The topological polar surface area (TPSA) is 169 Å². The molecule has 0 unspecified atom stereocenters. The molecular formula is C31H51N5O6. The number of primary amides is 1. The monoisotopic (exact) mass is 589 g/mol. The fourth-order valence-electron chi connectivity index (χ4n) is 5.10. The molecule has 1 aromatic carbocycles. The maximum atomic E-state index is 13.1. The number of nitrogens with two attached hydrogens (primary N) is 1. The molecular weight excluding hydrogens is 538 g/mol. The number of hydrogen-bond donors (Lipinski definition) is 5. The molecule has 2 aromatic rings. The Kier molecular flexibility index (Phi) is 13.2. The molecule has 0 bridgehead atoms. The number of carboxylic acid groups (broad SMARTS) is 1. The normalized spacial score (nSPS) is 15.0. The second-order valence-corrected chi connectivity index (χ2v) is 12.7. The number of carbonyl (C=O) groups is 3. The van der Waals surface area contributed by atoms with Crippen LogP contribution in [-0.4, -0.2) is 70.3 Å². The van der Waals surface area contributed by atoms with E-state index >= 15 is 0 Å². The Labute approximate surface area is 249 Å². The fraction of sp³-hybridized carbons (Fsp3) is 0.677. The van der Waals surface area contributed by atoms with Gasteiger partial charge in [-0.15, -0.1) is 0 Å². The fourth-order valence-corrected chi connectivity index (χ4v) is 5.10. The molecule has 11 nitrogen and oxygen atoms in total. The van der Waals surface area contributed by atoms with Crippen LogP contribution in [0.1, 0.15) is 66.4 Å². The molecule has 236 valence electrons. The SMILES string of the molecule is COCCCn1ncc2ccc(C[C@H](C[C@H](NC(=O)O)[C@H](O)C[C@H](C(=O)NCC(C)(C)C(N)=O)C(C)C)C(C)C)cc21. The summed E-state index contributed by atoms with van der Waals surface area (Å²) in [6.45, 7) is 12.7. The van der Waals surface area contributed by atoms with Crippen molar-refractivity contribution in [1.29, 1.82) is 0 Å². The van der Waals surface area contributed by atoms with Crippen LogP contribution >= 0.6 is 0 Å². The summed E-state index contributed by atoms with van der Waals surface area (Å²) in [7, 11) is 1.68. The molecule has 2 rings (SSSR count). The van der Waals surface area contributed by atoms with E-state index in [9.17, 15) is 24.6 Å². The first-order valence-electron chi connectivity index (χ1n) is 14.8. The average molecular weight is 590 g/mol.